The van der Waals surface area contributed by atoms with Gasteiger partial charge in [-0.15, -0.1) is 0 Å². The maximum atomic E-state index is 11.0. The standard InChI is InChI=1S/C28H45N3O3/c1-6-7-8-9-10-13-18-34-25(32)16-17-28(5)19-21(27(2,3)4)26(33)24(20-28)31-30-23-15-12-11-14-22(23)29/h11-12,14-15,20,25,32-33H,6-10,13,16-19,29H2,1-5H3/p+1. The van der Waals surface area contributed by atoms with Gasteiger partial charge in [-0.05, 0) is 60.3 Å². The van der Waals surface area contributed by atoms with Gasteiger partial charge in [-0.1, -0.05) is 84.0 Å². The van der Waals surface area contributed by atoms with Crippen molar-refractivity contribution in [1.82, 2.24) is 0 Å². The zero-order valence-corrected chi connectivity index (χ0v) is 21.9. The molecule has 190 valence electrons. The lowest BCUT2D eigenvalue weighted by molar-refractivity contribution is -0.473. The minimum Gasteiger partial charge on any atom is -0.502 e. The maximum absolute atomic E-state index is 11.0. The van der Waals surface area contributed by atoms with Crippen LogP contribution in [0, 0.1) is 10.8 Å². The summed E-state index contributed by atoms with van der Waals surface area (Å²) in [5.74, 6) is 0.239. The van der Waals surface area contributed by atoms with Crippen LogP contribution in [0.4, 0.5) is 11.4 Å². The molecule has 0 bridgehead atoms. The first-order chi connectivity index (χ1) is 16.1. The summed E-state index contributed by atoms with van der Waals surface area (Å²) in [6.45, 7) is 11.3. The minimum atomic E-state index is -0.774. The smallest absolute Gasteiger partial charge is 0.267 e. The fourth-order valence-corrected chi connectivity index (χ4v) is 4.33. The number of nitrogens with two attached hydrogens (primary N) is 1. The Balaban J connectivity index is 2.04. The number of azo groups is 1. The van der Waals surface area contributed by atoms with Crippen LogP contribution in [0.3, 0.4) is 0 Å². The molecule has 0 saturated carbocycles. The molecule has 1 aliphatic carbocycles. The summed E-state index contributed by atoms with van der Waals surface area (Å²) in [7, 11) is 0. The lowest BCUT2D eigenvalue weighted by Gasteiger charge is -2.36. The largest absolute Gasteiger partial charge is 0.502 e. The van der Waals surface area contributed by atoms with Crippen molar-refractivity contribution in [3.63, 3.8) is 0 Å². The minimum absolute atomic E-state index is 0.203. The van der Waals surface area contributed by atoms with E-state index in [0.717, 1.165) is 24.8 Å². The summed E-state index contributed by atoms with van der Waals surface area (Å²) in [4.78, 5) is 0. The fourth-order valence-electron chi connectivity index (χ4n) is 4.33. The third kappa shape index (κ3) is 8.88. The van der Waals surface area contributed by atoms with Gasteiger partial charge in [-0.3, -0.25) is 0 Å². The molecule has 2 atom stereocenters. The SMILES string of the molecule is CCCCCCCCOC(O)CCC1(C)C=C([NH+]=Nc2ccccc2N)C(O)=C(C(C)(C)C)C1. The Morgan fingerprint density at radius 3 is 2.50 bits per heavy atom. The van der Waals surface area contributed by atoms with Crippen molar-refractivity contribution < 1.29 is 20.1 Å². The Morgan fingerprint density at radius 2 is 1.82 bits per heavy atom. The summed E-state index contributed by atoms with van der Waals surface area (Å²) in [5, 5.41) is 28.9. The van der Waals surface area contributed by atoms with Crippen molar-refractivity contribution in [2.75, 3.05) is 12.3 Å². The molecule has 6 heteroatoms. The van der Waals surface area contributed by atoms with Gasteiger partial charge >= 0.3 is 0 Å². The first-order valence-corrected chi connectivity index (χ1v) is 12.8. The van der Waals surface area contributed by atoms with Crippen LogP contribution >= 0.6 is 0 Å². The van der Waals surface area contributed by atoms with Crippen molar-refractivity contribution in [2.24, 2.45) is 15.9 Å². The topological polar surface area (TPSA) is 102 Å². The van der Waals surface area contributed by atoms with Crippen LogP contribution < -0.4 is 10.8 Å². The van der Waals surface area contributed by atoms with Crippen molar-refractivity contribution in [3.8, 4) is 0 Å². The molecule has 0 aliphatic heterocycles. The number of nitrogens with zero attached hydrogens (tertiary/aromatic N) is 1. The van der Waals surface area contributed by atoms with Crippen LogP contribution in [0.5, 0.6) is 0 Å². The van der Waals surface area contributed by atoms with Crippen LogP contribution in [-0.4, -0.2) is 23.1 Å². The van der Waals surface area contributed by atoms with Gasteiger partial charge in [0.2, 0.25) is 0 Å². The first kappa shape index (κ1) is 28.1. The quantitative estimate of drug-likeness (QED) is 0.121. The Hall–Kier alpha value is -2.18. The van der Waals surface area contributed by atoms with E-state index in [1.807, 2.05) is 24.3 Å². The maximum Gasteiger partial charge on any atom is 0.267 e. The third-order valence-electron chi connectivity index (χ3n) is 6.52. The lowest BCUT2D eigenvalue weighted by atomic mass is 9.69. The highest BCUT2D eigenvalue weighted by Gasteiger charge is 2.38. The molecule has 0 spiro atoms. The predicted octanol–water partition coefficient (Wildman–Crippen LogP) is 6.06. The molecule has 1 aliphatic rings. The van der Waals surface area contributed by atoms with Gasteiger partial charge in [0, 0.05) is 11.7 Å². The average molecular weight is 473 g/mol. The van der Waals surface area contributed by atoms with E-state index in [1.54, 1.807) is 6.07 Å². The number of hydrogen-bond donors (Lipinski definition) is 4. The molecule has 34 heavy (non-hydrogen) atoms. The number of anilines is 1. The van der Waals surface area contributed by atoms with Gasteiger partial charge in [0.1, 0.15) is 0 Å². The van der Waals surface area contributed by atoms with Crippen molar-refractivity contribution in [1.29, 1.82) is 0 Å². The molecule has 2 unspecified atom stereocenters. The van der Waals surface area contributed by atoms with E-state index in [-0.39, 0.29) is 16.6 Å². The number of para-hydroxylation sites is 2. The first-order valence-electron chi connectivity index (χ1n) is 12.8. The Bertz CT molecular complexity index is 870. The summed E-state index contributed by atoms with van der Waals surface area (Å²) in [5.41, 5.74) is 8.30. The van der Waals surface area contributed by atoms with Crippen molar-refractivity contribution in [3.05, 3.63) is 47.4 Å². The van der Waals surface area contributed by atoms with Crippen LogP contribution in [-0.2, 0) is 4.74 Å². The van der Waals surface area contributed by atoms with E-state index in [1.165, 1.54) is 25.7 Å². The number of benzene rings is 1. The fraction of sp³-hybridized carbons (Fsp3) is 0.643. The number of hydrogen-bond acceptors (Lipinski definition) is 5. The number of nitrogens with one attached hydrogen (secondary N) is 1. The molecule has 2 rings (SSSR count). The summed E-state index contributed by atoms with van der Waals surface area (Å²) < 4.78 is 5.67. The molecule has 0 aromatic heterocycles. The third-order valence-corrected chi connectivity index (χ3v) is 6.52. The molecule has 0 radical (unpaired) electrons. The molecule has 1 aromatic carbocycles. The number of ether oxygens (including phenoxy) is 1. The van der Waals surface area contributed by atoms with Crippen LogP contribution in [0.15, 0.2) is 52.5 Å². The molecular weight excluding hydrogens is 426 g/mol. The van der Waals surface area contributed by atoms with E-state index < -0.39 is 6.29 Å². The normalized spacial score (nSPS) is 20.1. The highest BCUT2D eigenvalue weighted by atomic mass is 16.6. The lowest BCUT2D eigenvalue weighted by Crippen LogP contribution is -2.64. The number of nitrogen functional groups attached to an aromatic ring is 1. The van der Waals surface area contributed by atoms with Crippen LogP contribution in [0.25, 0.3) is 0 Å². The highest BCUT2D eigenvalue weighted by molar-refractivity contribution is 5.60. The second-order valence-corrected chi connectivity index (χ2v) is 10.9. The number of aliphatic hydroxyl groups is 2. The molecule has 5 N–H and O–H groups in total. The molecule has 0 amide bonds. The molecule has 0 fully saturated rings. The van der Waals surface area contributed by atoms with Crippen molar-refractivity contribution in [2.45, 2.75) is 98.7 Å². The summed E-state index contributed by atoms with van der Waals surface area (Å²) in [6.07, 6.45) is 10.4. The van der Waals surface area contributed by atoms with Gasteiger partial charge in [-0.25, -0.2) is 0 Å². The van der Waals surface area contributed by atoms with Gasteiger partial charge in [0.25, 0.3) is 5.70 Å². The number of allylic oxidation sites excluding steroid dienone is 2. The van der Waals surface area contributed by atoms with E-state index in [2.05, 4.69) is 44.8 Å². The molecule has 0 heterocycles. The van der Waals surface area contributed by atoms with Crippen LogP contribution in [0.1, 0.15) is 92.4 Å². The van der Waals surface area contributed by atoms with E-state index in [4.69, 9.17) is 10.5 Å². The Labute approximate surface area is 206 Å². The molecule has 6 nitrogen and oxygen atoms in total. The molecule has 1 aromatic rings. The monoisotopic (exact) mass is 472 g/mol. The number of aliphatic hydroxyl groups excluding tert-OH is 2. The van der Waals surface area contributed by atoms with Gasteiger partial charge < -0.3 is 20.7 Å². The summed E-state index contributed by atoms with van der Waals surface area (Å²) >= 11 is 0. The zero-order chi connectivity index (χ0) is 25.2. The van der Waals surface area contributed by atoms with E-state index in [9.17, 15) is 10.2 Å². The van der Waals surface area contributed by atoms with E-state index >= 15 is 0 Å². The second kappa shape index (κ2) is 13.1. The van der Waals surface area contributed by atoms with Gasteiger partial charge in [-0.2, -0.15) is 0 Å². The van der Waals surface area contributed by atoms with Gasteiger partial charge in [0.05, 0.1) is 5.69 Å². The second-order valence-electron chi connectivity index (χ2n) is 10.9. The van der Waals surface area contributed by atoms with Crippen LogP contribution in [0.2, 0.25) is 0 Å². The Morgan fingerprint density at radius 1 is 1.15 bits per heavy atom. The zero-order valence-electron chi connectivity index (χ0n) is 21.9. The van der Waals surface area contributed by atoms with Crippen molar-refractivity contribution >= 4 is 11.4 Å². The average Bonchev–Trinajstić information content (AvgIpc) is 2.78. The Kier molecular flexibility index (Phi) is 10.8. The molecular formula is C28H46N3O3+. The summed E-state index contributed by atoms with van der Waals surface area (Å²) in [6, 6.07) is 7.36. The van der Waals surface area contributed by atoms with E-state index in [0.29, 0.717) is 36.5 Å². The predicted molar refractivity (Wildman–Crippen MR) is 138 cm³/mol. The molecule has 0 saturated heterocycles. The number of unbranched alkanes of at least 4 members (excludes halogenated alkanes) is 5. The highest BCUT2D eigenvalue weighted by Crippen LogP contribution is 2.45. The van der Waals surface area contributed by atoms with Gasteiger partial charge in [0.15, 0.2) is 17.7 Å². The number of rotatable bonds is 13.